The van der Waals surface area contributed by atoms with Crippen LogP contribution < -0.4 is 0 Å². The molecule has 0 aromatic rings. The van der Waals surface area contributed by atoms with E-state index in [0.29, 0.717) is 6.61 Å². The van der Waals surface area contributed by atoms with E-state index in [1.54, 1.807) is 0 Å². The summed E-state index contributed by atoms with van der Waals surface area (Å²) in [6.07, 6.45) is -1.24. The molecule has 0 aliphatic carbocycles. The number of ether oxygens (including phenoxy) is 4. The molecule has 0 aromatic heterocycles. The number of unbranched alkanes of at least 4 members (excludes halogenated alkanes) is 10. The van der Waals surface area contributed by atoms with Crippen molar-refractivity contribution in [1.29, 1.82) is 0 Å². The Balaban J connectivity index is 1.71. The van der Waals surface area contributed by atoms with E-state index in [0.717, 1.165) is 19.3 Å². The molecule has 10 atom stereocenters. The maximum Gasteiger partial charge on any atom is 0.187 e. The minimum atomic E-state index is -1.69. The van der Waals surface area contributed by atoms with E-state index in [4.69, 9.17) is 18.9 Å². The summed E-state index contributed by atoms with van der Waals surface area (Å²) in [4.78, 5) is 0. The molecule has 0 radical (unpaired) electrons. The highest BCUT2D eigenvalue weighted by Gasteiger charge is 2.50. The van der Waals surface area contributed by atoms with Gasteiger partial charge in [0.05, 0.1) is 13.2 Å². The molecule has 2 rings (SSSR count). The van der Waals surface area contributed by atoms with Crippen molar-refractivity contribution < 1.29 is 54.7 Å². The van der Waals surface area contributed by atoms with Crippen LogP contribution in [0.1, 0.15) is 77.6 Å². The van der Waals surface area contributed by atoms with Gasteiger partial charge < -0.3 is 54.7 Å². The Kier molecular flexibility index (Phi) is 15.2. The van der Waals surface area contributed by atoms with Gasteiger partial charge in [-0.2, -0.15) is 0 Å². The molecule has 36 heavy (non-hydrogen) atoms. The average Bonchev–Trinajstić information content (AvgIpc) is 2.88. The molecule has 2 saturated heterocycles. The van der Waals surface area contributed by atoms with E-state index in [9.17, 15) is 35.7 Å². The van der Waals surface area contributed by atoms with Gasteiger partial charge in [0, 0.05) is 6.61 Å². The summed E-state index contributed by atoms with van der Waals surface area (Å²) in [5.41, 5.74) is 0. The summed E-state index contributed by atoms with van der Waals surface area (Å²) in [7, 11) is 0. The number of hydrogen-bond donors (Lipinski definition) is 7. The van der Waals surface area contributed by atoms with Gasteiger partial charge in [-0.15, -0.1) is 0 Å². The zero-order valence-corrected chi connectivity index (χ0v) is 21.4. The Labute approximate surface area is 214 Å². The van der Waals surface area contributed by atoms with Crippen LogP contribution in [0.5, 0.6) is 0 Å². The SMILES string of the molecule is CCCCCCCCCCCCCOC1OC(CO)[C@H](OC2OC(CO)[C@H](O)[C@@H](O)[C@H]2O)[C@@H](O)[C@H]1O. The van der Waals surface area contributed by atoms with Gasteiger partial charge in [-0.1, -0.05) is 71.1 Å². The average molecular weight is 525 g/mol. The fourth-order valence-electron chi connectivity index (χ4n) is 4.66. The first kappa shape index (κ1) is 31.8. The Bertz CT molecular complexity index is 564. The fourth-order valence-corrected chi connectivity index (χ4v) is 4.66. The fraction of sp³-hybridized carbons (Fsp3) is 1.00. The van der Waals surface area contributed by atoms with E-state index >= 15 is 0 Å². The van der Waals surface area contributed by atoms with Gasteiger partial charge in [-0.3, -0.25) is 0 Å². The van der Waals surface area contributed by atoms with Crippen LogP contribution in [0.25, 0.3) is 0 Å². The predicted octanol–water partition coefficient (Wildman–Crippen LogP) is -0.0619. The van der Waals surface area contributed by atoms with Crippen molar-refractivity contribution in [3.8, 4) is 0 Å². The molecule has 0 spiro atoms. The van der Waals surface area contributed by atoms with Crippen molar-refractivity contribution in [3.05, 3.63) is 0 Å². The second kappa shape index (κ2) is 17.2. The summed E-state index contributed by atoms with van der Waals surface area (Å²) in [6.45, 7) is 1.32. The maximum absolute atomic E-state index is 10.6. The van der Waals surface area contributed by atoms with E-state index in [2.05, 4.69) is 6.92 Å². The molecule has 2 aliphatic rings. The third-order valence-electron chi connectivity index (χ3n) is 6.99. The van der Waals surface area contributed by atoms with Gasteiger partial charge >= 0.3 is 0 Å². The first-order valence-electron chi connectivity index (χ1n) is 13.6. The van der Waals surface area contributed by atoms with Gasteiger partial charge in [-0.25, -0.2) is 0 Å². The highest BCUT2D eigenvalue weighted by molar-refractivity contribution is 4.94. The maximum atomic E-state index is 10.6. The molecule has 0 amide bonds. The van der Waals surface area contributed by atoms with Crippen molar-refractivity contribution >= 4 is 0 Å². The van der Waals surface area contributed by atoms with Crippen molar-refractivity contribution in [2.45, 2.75) is 139 Å². The standard InChI is InChI=1S/C25H48O11/c1-2-3-4-5-6-7-8-9-10-11-12-13-33-24-22(32)20(30)23(17(15-27)35-24)36-25-21(31)19(29)18(28)16(14-26)34-25/h16-32H,2-15H2,1H3/t16?,17?,18-,19+,20-,21+,22+,23-,24?,25?/m0/s1. The van der Waals surface area contributed by atoms with Crippen LogP contribution in [-0.2, 0) is 18.9 Å². The Hall–Kier alpha value is -0.440. The summed E-state index contributed by atoms with van der Waals surface area (Å²) in [6, 6.07) is 0. The molecule has 214 valence electrons. The topological polar surface area (TPSA) is 179 Å². The van der Waals surface area contributed by atoms with Crippen LogP contribution in [0.3, 0.4) is 0 Å². The summed E-state index contributed by atoms with van der Waals surface area (Å²) >= 11 is 0. The molecule has 0 aromatic carbocycles. The number of aliphatic hydroxyl groups is 7. The third-order valence-corrected chi connectivity index (χ3v) is 6.99. The number of hydrogen-bond acceptors (Lipinski definition) is 11. The molecule has 7 N–H and O–H groups in total. The second-order valence-electron chi connectivity index (χ2n) is 9.91. The monoisotopic (exact) mass is 524 g/mol. The van der Waals surface area contributed by atoms with Gasteiger partial charge in [0.25, 0.3) is 0 Å². The molecular formula is C25H48O11. The molecule has 2 aliphatic heterocycles. The highest BCUT2D eigenvalue weighted by atomic mass is 16.7. The summed E-state index contributed by atoms with van der Waals surface area (Å²) < 4.78 is 22.1. The lowest BCUT2D eigenvalue weighted by atomic mass is 9.97. The van der Waals surface area contributed by atoms with Gasteiger partial charge in [-0.05, 0) is 6.42 Å². The molecule has 2 fully saturated rings. The van der Waals surface area contributed by atoms with Crippen LogP contribution in [0.4, 0.5) is 0 Å². The molecule has 0 saturated carbocycles. The van der Waals surface area contributed by atoms with Crippen molar-refractivity contribution in [2.24, 2.45) is 0 Å². The second-order valence-corrected chi connectivity index (χ2v) is 9.91. The molecule has 11 nitrogen and oxygen atoms in total. The zero-order valence-electron chi connectivity index (χ0n) is 21.4. The number of rotatable bonds is 17. The quantitative estimate of drug-likeness (QED) is 0.127. The first-order valence-corrected chi connectivity index (χ1v) is 13.6. The molecular weight excluding hydrogens is 476 g/mol. The third kappa shape index (κ3) is 9.39. The molecule has 2 heterocycles. The molecule has 4 unspecified atom stereocenters. The predicted molar refractivity (Wildman–Crippen MR) is 129 cm³/mol. The lowest BCUT2D eigenvalue weighted by molar-refractivity contribution is -0.359. The van der Waals surface area contributed by atoms with Crippen molar-refractivity contribution in [3.63, 3.8) is 0 Å². The Morgan fingerprint density at radius 1 is 0.556 bits per heavy atom. The minimum Gasteiger partial charge on any atom is -0.394 e. The highest BCUT2D eigenvalue weighted by Crippen LogP contribution is 2.29. The molecule has 11 heteroatoms. The molecule has 0 bridgehead atoms. The zero-order chi connectivity index (χ0) is 26.5. The van der Waals surface area contributed by atoms with Crippen LogP contribution in [0.15, 0.2) is 0 Å². The largest absolute Gasteiger partial charge is 0.394 e. The number of aliphatic hydroxyl groups excluding tert-OH is 7. The summed E-state index contributed by atoms with van der Waals surface area (Å²) in [5.74, 6) is 0. The van der Waals surface area contributed by atoms with Crippen molar-refractivity contribution in [2.75, 3.05) is 19.8 Å². The minimum absolute atomic E-state index is 0.321. The lowest BCUT2D eigenvalue weighted by Crippen LogP contribution is -2.64. The van der Waals surface area contributed by atoms with E-state index in [-0.39, 0.29) is 0 Å². The van der Waals surface area contributed by atoms with Crippen LogP contribution in [-0.4, -0.2) is 117 Å². The van der Waals surface area contributed by atoms with Gasteiger partial charge in [0.2, 0.25) is 0 Å². The van der Waals surface area contributed by atoms with Crippen molar-refractivity contribution in [1.82, 2.24) is 0 Å². The Morgan fingerprint density at radius 3 is 1.61 bits per heavy atom. The van der Waals surface area contributed by atoms with Crippen LogP contribution >= 0.6 is 0 Å². The van der Waals surface area contributed by atoms with Gasteiger partial charge in [0.1, 0.15) is 48.8 Å². The van der Waals surface area contributed by atoms with E-state index in [1.807, 2.05) is 0 Å². The normalized spacial score (nSPS) is 37.3. The van der Waals surface area contributed by atoms with Gasteiger partial charge in [0.15, 0.2) is 12.6 Å². The van der Waals surface area contributed by atoms with Crippen LogP contribution in [0, 0.1) is 0 Å². The van der Waals surface area contributed by atoms with Crippen LogP contribution in [0.2, 0.25) is 0 Å². The van der Waals surface area contributed by atoms with E-state index < -0.39 is 74.6 Å². The lowest BCUT2D eigenvalue weighted by Gasteiger charge is -2.45. The van der Waals surface area contributed by atoms with E-state index in [1.165, 1.54) is 51.4 Å². The first-order chi connectivity index (χ1) is 17.3. The Morgan fingerprint density at radius 2 is 1.06 bits per heavy atom. The smallest absolute Gasteiger partial charge is 0.187 e. The summed E-state index contributed by atoms with van der Waals surface area (Å²) in [5, 5.41) is 70.2.